The predicted octanol–water partition coefficient (Wildman–Crippen LogP) is 3.87. The Kier molecular flexibility index (Phi) is 10.0. The van der Waals surface area contributed by atoms with Gasteiger partial charge in [-0.15, -0.1) is 24.0 Å². The van der Waals surface area contributed by atoms with Gasteiger partial charge in [0.05, 0.1) is 5.69 Å². The van der Waals surface area contributed by atoms with Crippen LogP contribution in [0.3, 0.4) is 0 Å². The zero-order valence-corrected chi connectivity index (χ0v) is 21.1. The third-order valence-electron chi connectivity index (χ3n) is 5.07. The molecule has 7 nitrogen and oxygen atoms in total. The van der Waals surface area contributed by atoms with E-state index in [0.29, 0.717) is 12.2 Å². The van der Waals surface area contributed by atoms with E-state index in [4.69, 9.17) is 0 Å². The lowest BCUT2D eigenvalue weighted by Gasteiger charge is -2.37. The minimum absolute atomic E-state index is 0. The molecule has 0 bridgehead atoms. The predicted molar refractivity (Wildman–Crippen MR) is 140 cm³/mol. The molecule has 1 heterocycles. The zero-order chi connectivity index (χ0) is 22.2. The van der Waals surface area contributed by atoms with Crippen molar-refractivity contribution in [3.05, 3.63) is 59.9 Å². The molecule has 0 saturated carbocycles. The molecule has 0 aliphatic carbocycles. The van der Waals surface area contributed by atoms with Crippen molar-refractivity contribution in [2.24, 2.45) is 4.99 Å². The van der Waals surface area contributed by atoms with Crippen molar-refractivity contribution in [3.63, 3.8) is 0 Å². The molecule has 0 unspecified atom stereocenters. The lowest BCUT2D eigenvalue weighted by molar-refractivity contribution is 0.250. The minimum Gasteiger partial charge on any atom is -0.366 e. The van der Waals surface area contributed by atoms with E-state index in [9.17, 15) is 9.18 Å². The van der Waals surface area contributed by atoms with E-state index in [1.165, 1.54) is 6.07 Å². The third-order valence-corrected chi connectivity index (χ3v) is 5.07. The van der Waals surface area contributed by atoms with Gasteiger partial charge in [0, 0.05) is 51.5 Å². The van der Waals surface area contributed by atoms with Crippen LogP contribution in [0, 0.1) is 5.82 Å². The van der Waals surface area contributed by atoms with E-state index < -0.39 is 0 Å². The number of aliphatic imine (C=N–C) groups is 1. The molecule has 2 aromatic rings. The Labute approximate surface area is 206 Å². The van der Waals surface area contributed by atoms with Gasteiger partial charge in [-0.25, -0.2) is 9.18 Å². The van der Waals surface area contributed by atoms with Crippen LogP contribution in [0.1, 0.15) is 19.4 Å². The number of anilines is 2. The molecule has 0 radical (unpaired) electrons. The molecule has 3 rings (SSSR count). The van der Waals surface area contributed by atoms with Gasteiger partial charge in [0.25, 0.3) is 0 Å². The van der Waals surface area contributed by atoms with E-state index >= 15 is 0 Å². The molecule has 2 amide bonds. The molecule has 0 atom stereocenters. The molecule has 0 aromatic heterocycles. The molecule has 1 aliphatic rings. The first kappa shape index (κ1) is 25.7. The largest absolute Gasteiger partial charge is 0.366 e. The summed E-state index contributed by atoms with van der Waals surface area (Å²) < 4.78 is 14.0. The van der Waals surface area contributed by atoms with Crippen molar-refractivity contribution in [2.45, 2.75) is 26.4 Å². The van der Waals surface area contributed by atoms with Gasteiger partial charge in [-0.05, 0) is 43.7 Å². The van der Waals surface area contributed by atoms with Crippen LogP contribution in [-0.2, 0) is 6.54 Å². The van der Waals surface area contributed by atoms with E-state index in [1.54, 1.807) is 13.1 Å². The van der Waals surface area contributed by atoms with Crippen LogP contribution in [0.15, 0.2) is 53.5 Å². The van der Waals surface area contributed by atoms with Gasteiger partial charge in [-0.1, -0.05) is 24.3 Å². The van der Waals surface area contributed by atoms with Crippen molar-refractivity contribution < 1.29 is 9.18 Å². The Morgan fingerprint density at radius 2 is 1.72 bits per heavy atom. The summed E-state index contributed by atoms with van der Waals surface area (Å²) in [5.74, 6) is 0.643. The number of piperazine rings is 1. The average Bonchev–Trinajstić information content (AvgIpc) is 2.75. The van der Waals surface area contributed by atoms with Crippen molar-refractivity contribution in [2.75, 3.05) is 43.4 Å². The SMILES string of the molecule is CN=C(NCc1ccc(NC(=O)NC(C)C)cc1)N1CCN(c2ccccc2F)CC1.I. The van der Waals surface area contributed by atoms with Crippen LogP contribution in [0.4, 0.5) is 20.6 Å². The number of rotatable bonds is 5. The number of halogens is 2. The van der Waals surface area contributed by atoms with Gasteiger partial charge in [0.1, 0.15) is 5.82 Å². The monoisotopic (exact) mass is 554 g/mol. The summed E-state index contributed by atoms with van der Waals surface area (Å²) in [5, 5.41) is 9.01. The summed E-state index contributed by atoms with van der Waals surface area (Å²) in [7, 11) is 1.77. The second-order valence-corrected chi connectivity index (χ2v) is 7.78. The molecule has 1 aliphatic heterocycles. The lowest BCUT2D eigenvalue weighted by atomic mass is 10.2. The Balaban J connectivity index is 0.00000363. The van der Waals surface area contributed by atoms with Crippen LogP contribution in [-0.4, -0.2) is 56.2 Å². The molecule has 2 aromatic carbocycles. The van der Waals surface area contributed by atoms with Gasteiger partial charge in [-0.2, -0.15) is 0 Å². The van der Waals surface area contributed by atoms with E-state index in [2.05, 4.69) is 30.7 Å². The van der Waals surface area contributed by atoms with Gasteiger partial charge in [0.2, 0.25) is 0 Å². The Hall–Kier alpha value is -2.56. The number of nitrogens with zero attached hydrogens (tertiary/aromatic N) is 3. The second-order valence-electron chi connectivity index (χ2n) is 7.78. The van der Waals surface area contributed by atoms with Crippen LogP contribution < -0.4 is 20.9 Å². The molecule has 1 saturated heterocycles. The van der Waals surface area contributed by atoms with Crippen molar-refractivity contribution >= 4 is 47.3 Å². The molecule has 1 fully saturated rings. The zero-order valence-electron chi connectivity index (χ0n) is 18.8. The molecular weight excluding hydrogens is 522 g/mol. The first-order valence-electron chi connectivity index (χ1n) is 10.6. The van der Waals surface area contributed by atoms with Crippen molar-refractivity contribution in [1.82, 2.24) is 15.5 Å². The maximum absolute atomic E-state index is 14.0. The number of hydrogen-bond donors (Lipinski definition) is 3. The summed E-state index contributed by atoms with van der Waals surface area (Å²) in [6.45, 7) is 7.46. The highest BCUT2D eigenvalue weighted by atomic mass is 127. The summed E-state index contributed by atoms with van der Waals surface area (Å²) in [6, 6.07) is 14.5. The number of nitrogens with one attached hydrogen (secondary N) is 3. The van der Waals surface area contributed by atoms with E-state index in [-0.39, 0.29) is 41.9 Å². The second kappa shape index (κ2) is 12.5. The number of benzene rings is 2. The molecule has 9 heteroatoms. The number of hydrogen-bond acceptors (Lipinski definition) is 3. The fraction of sp³-hybridized carbons (Fsp3) is 0.391. The summed E-state index contributed by atoms with van der Waals surface area (Å²) in [6.07, 6.45) is 0. The number of guanidine groups is 1. The fourth-order valence-electron chi connectivity index (χ4n) is 3.52. The topological polar surface area (TPSA) is 72.0 Å². The molecule has 32 heavy (non-hydrogen) atoms. The molecule has 174 valence electrons. The standard InChI is InChI=1S/C23H31FN6O.HI/c1-17(2)27-23(31)28-19-10-8-18(9-11-19)16-26-22(25-3)30-14-12-29(13-15-30)21-7-5-4-6-20(21)24;/h4-11,17H,12-16H2,1-3H3,(H,25,26)(H2,27,28,31);1H. The number of carbonyl (C=O) groups excluding carboxylic acids is 1. The highest BCUT2D eigenvalue weighted by Crippen LogP contribution is 2.20. The van der Waals surface area contributed by atoms with E-state index in [0.717, 1.165) is 43.4 Å². The van der Waals surface area contributed by atoms with Crippen LogP contribution in [0.2, 0.25) is 0 Å². The van der Waals surface area contributed by atoms with Gasteiger partial charge in [0.15, 0.2) is 5.96 Å². The Morgan fingerprint density at radius 1 is 1.06 bits per heavy atom. The molecule has 0 spiro atoms. The molecule has 3 N–H and O–H groups in total. The minimum atomic E-state index is -0.212. The van der Waals surface area contributed by atoms with Crippen LogP contribution >= 0.6 is 24.0 Å². The maximum atomic E-state index is 14.0. The number of amides is 2. The number of para-hydroxylation sites is 1. The average molecular weight is 554 g/mol. The maximum Gasteiger partial charge on any atom is 0.319 e. The smallest absolute Gasteiger partial charge is 0.319 e. The quantitative estimate of drug-likeness (QED) is 0.298. The number of urea groups is 1. The Morgan fingerprint density at radius 3 is 2.31 bits per heavy atom. The summed E-state index contributed by atoms with van der Waals surface area (Å²) in [4.78, 5) is 20.4. The normalized spacial score (nSPS) is 14.1. The highest BCUT2D eigenvalue weighted by Gasteiger charge is 2.21. The van der Waals surface area contributed by atoms with Gasteiger partial charge < -0.3 is 25.8 Å². The van der Waals surface area contributed by atoms with Crippen LogP contribution in [0.5, 0.6) is 0 Å². The number of carbonyl (C=O) groups is 1. The van der Waals surface area contributed by atoms with Crippen LogP contribution in [0.25, 0.3) is 0 Å². The first-order valence-corrected chi connectivity index (χ1v) is 10.6. The van der Waals surface area contributed by atoms with Crippen molar-refractivity contribution in [3.8, 4) is 0 Å². The summed E-state index contributed by atoms with van der Waals surface area (Å²) >= 11 is 0. The third kappa shape index (κ3) is 7.25. The van der Waals surface area contributed by atoms with Crippen molar-refractivity contribution in [1.29, 1.82) is 0 Å². The van der Waals surface area contributed by atoms with E-state index in [1.807, 2.05) is 50.2 Å². The lowest BCUT2D eigenvalue weighted by Crippen LogP contribution is -2.52. The molecular formula is C23H32FIN6O. The first-order chi connectivity index (χ1) is 15.0. The Bertz CT molecular complexity index is 898. The fourth-order valence-corrected chi connectivity index (χ4v) is 3.52. The van der Waals surface area contributed by atoms with Gasteiger partial charge >= 0.3 is 6.03 Å². The highest BCUT2D eigenvalue weighted by molar-refractivity contribution is 14.0. The van der Waals surface area contributed by atoms with Gasteiger partial charge in [-0.3, -0.25) is 4.99 Å². The summed E-state index contributed by atoms with van der Waals surface area (Å²) in [5.41, 5.74) is 2.48.